The van der Waals surface area contributed by atoms with Crippen molar-refractivity contribution < 1.29 is 14.5 Å². The quantitative estimate of drug-likeness (QED) is 0.339. The average Bonchev–Trinajstić information content (AvgIpc) is 2.26. The number of carbonyl (C=O) groups excluding carboxylic acids is 1. The Morgan fingerprint density at radius 3 is 2.69 bits per heavy atom. The fourth-order valence-electron chi connectivity index (χ4n) is 1.19. The van der Waals surface area contributed by atoms with E-state index in [1.54, 1.807) is 19.1 Å². The van der Waals surface area contributed by atoms with Gasteiger partial charge < -0.3 is 4.74 Å². The second-order valence-corrected chi connectivity index (χ2v) is 3.15. The van der Waals surface area contributed by atoms with Crippen molar-refractivity contribution in [2.24, 2.45) is 0 Å². The maximum absolute atomic E-state index is 10.9. The van der Waals surface area contributed by atoms with E-state index in [0.717, 1.165) is 11.1 Å². The SMILES string of the molecule is COC(=O)C=Cc1ccc([N+](=O)[O-])cc1C. The number of nitro groups is 1. The molecule has 84 valence electrons. The number of aryl methyl sites for hydroxylation is 1. The molecule has 0 aromatic heterocycles. The molecule has 0 spiro atoms. The van der Waals surface area contributed by atoms with Gasteiger partial charge in [-0.15, -0.1) is 0 Å². The van der Waals surface area contributed by atoms with Gasteiger partial charge in [-0.05, 0) is 30.2 Å². The predicted molar refractivity (Wildman–Crippen MR) is 58.9 cm³/mol. The smallest absolute Gasteiger partial charge is 0.330 e. The van der Waals surface area contributed by atoms with Crippen molar-refractivity contribution in [1.82, 2.24) is 0 Å². The molecule has 0 bridgehead atoms. The van der Waals surface area contributed by atoms with E-state index in [4.69, 9.17) is 0 Å². The van der Waals surface area contributed by atoms with Crippen molar-refractivity contribution in [2.45, 2.75) is 6.92 Å². The molecule has 0 unspecified atom stereocenters. The topological polar surface area (TPSA) is 69.4 Å². The van der Waals surface area contributed by atoms with Crippen LogP contribution in [0.2, 0.25) is 0 Å². The van der Waals surface area contributed by atoms with E-state index >= 15 is 0 Å². The largest absolute Gasteiger partial charge is 0.466 e. The van der Waals surface area contributed by atoms with Gasteiger partial charge in [-0.25, -0.2) is 4.79 Å². The minimum atomic E-state index is -0.460. The first-order valence-electron chi connectivity index (χ1n) is 4.55. The maximum Gasteiger partial charge on any atom is 0.330 e. The molecule has 0 aliphatic heterocycles. The zero-order valence-corrected chi connectivity index (χ0v) is 8.97. The van der Waals surface area contributed by atoms with Gasteiger partial charge in [0.1, 0.15) is 0 Å². The number of hydrogen-bond acceptors (Lipinski definition) is 4. The first-order chi connectivity index (χ1) is 7.54. The van der Waals surface area contributed by atoms with Crippen LogP contribution in [0.3, 0.4) is 0 Å². The van der Waals surface area contributed by atoms with Gasteiger partial charge in [0.25, 0.3) is 5.69 Å². The normalized spacial score (nSPS) is 10.4. The van der Waals surface area contributed by atoms with Crippen molar-refractivity contribution in [3.8, 4) is 0 Å². The maximum atomic E-state index is 10.9. The second kappa shape index (κ2) is 5.06. The summed E-state index contributed by atoms with van der Waals surface area (Å²) in [6.45, 7) is 1.74. The molecule has 1 aromatic rings. The van der Waals surface area contributed by atoms with Gasteiger partial charge in [0.05, 0.1) is 12.0 Å². The molecule has 0 saturated heterocycles. The number of nitrogens with zero attached hydrogens (tertiary/aromatic N) is 1. The number of non-ortho nitro benzene ring substituents is 1. The highest BCUT2D eigenvalue weighted by molar-refractivity contribution is 5.87. The first kappa shape index (κ1) is 11.9. The van der Waals surface area contributed by atoms with Gasteiger partial charge in [0.15, 0.2) is 0 Å². The Kier molecular flexibility index (Phi) is 3.77. The van der Waals surface area contributed by atoms with Crippen LogP contribution in [0.15, 0.2) is 24.3 Å². The minimum absolute atomic E-state index is 0.0349. The van der Waals surface area contributed by atoms with E-state index in [1.165, 1.54) is 25.3 Å². The molecule has 0 saturated carbocycles. The molecule has 0 N–H and O–H groups in total. The molecule has 0 aliphatic carbocycles. The van der Waals surface area contributed by atoms with Crippen molar-refractivity contribution in [2.75, 3.05) is 7.11 Å². The second-order valence-electron chi connectivity index (χ2n) is 3.15. The summed E-state index contributed by atoms with van der Waals surface area (Å²) in [5.41, 5.74) is 1.51. The van der Waals surface area contributed by atoms with E-state index in [9.17, 15) is 14.9 Å². The van der Waals surface area contributed by atoms with E-state index in [0.29, 0.717) is 0 Å². The van der Waals surface area contributed by atoms with Gasteiger partial charge in [-0.2, -0.15) is 0 Å². The molecule has 1 aromatic carbocycles. The molecule has 0 atom stereocenters. The average molecular weight is 221 g/mol. The van der Waals surface area contributed by atoms with Crippen LogP contribution in [-0.4, -0.2) is 18.0 Å². The van der Waals surface area contributed by atoms with Crippen LogP contribution >= 0.6 is 0 Å². The van der Waals surface area contributed by atoms with Gasteiger partial charge in [-0.1, -0.05) is 0 Å². The zero-order valence-electron chi connectivity index (χ0n) is 8.97. The molecule has 1 rings (SSSR count). The van der Waals surface area contributed by atoms with Crippen LogP contribution in [0.4, 0.5) is 5.69 Å². The summed E-state index contributed by atoms with van der Waals surface area (Å²) < 4.78 is 4.44. The molecule has 5 nitrogen and oxygen atoms in total. The number of nitro benzene ring substituents is 1. The zero-order chi connectivity index (χ0) is 12.1. The summed E-state index contributed by atoms with van der Waals surface area (Å²) >= 11 is 0. The Labute approximate surface area is 92.5 Å². The number of benzene rings is 1. The van der Waals surface area contributed by atoms with E-state index in [-0.39, 0.29) is 5.69 Å². The van der Waals surface area contributed by atoms with Crippen LogP contribution in [0.1, 0.15) is 11.1 Å². The van der Waals surface area contributed by atoms with Crippen molar-refractivity contribution in [3.05, 3.63) is 45.5 Å². The lowest BCUT2D eigenvalue weighted by Gasteiger charge is -1.99. The lowest BCUT2D eigenvalue weighted by Crippen LogP contribution is -1.94. The van der Waals surface area contributed by atoms with E-state index in [2.05, 4.69) is 4.74 Å². The molecule has 0 heterocycles. The summed E-state index contributed by atoms with van der Waals surface area (Å²) in [5, 5.41) is 10.5. The van der Waals surface area contributed by atoms with Crippen LogP contribution in [0, 0.1) is 17.0 Å². The summed E-state index contributed by atoms with van der Waals surface area (Å²) in [5.74, 6) is -0.460. The third-order valence-corrected chi connectivity index (χ3v) is 2.06. The number of methoxy groups -OCH3 is 1. The van der Waals surface area contributed by atoms with Crippen molar-refractivity contribution in [3.63, 3.8) is 0 Å². The van der Waals surface area contributed by atoms with Crippen LogP contribution in [-0.2, 0) is 9.53 Å². The van der Waals surface area contributed by atoms with Gasteiger partial charge >= 0.3 is 5.97 Å². The van der Waals surface area contributed by atoms with Crippen LogP contribution in [0.5, 0.6) is 0 Å². The molecular weight excluding hydrogens is 210 g/mol. The fraction of sp³-hybridized carbons (Fsp3) is 0.182. The number of esters is 1. The molecule has 16 heavy (non-hydrogen) atoms. The van der Waals surface area contributed by atoms with Crippen molar-refractivity contribution in [1.29, 1.82) is 0 Å². The summed E-state index contributed by atoms with van der Waals surface area (Å²) in [4.78, 5) is 20.9. The van der Waals surface area contributed by atoms with Gasteiger partial charge in [0, 0.05) is 18.2 Å². The van der Waals surface area contributed by atoms with Gasteiger partial charge in [0.2, 0.25) is 0 Å². The third kappa shape index (κ3) is 2.91. The first-order valence-corrected chi connectivity index (χ1v) is 4.55. The molecule has 0 aliphatic rings. The highest BCUT2D eigenvalue weighted by Gasteiger charge is 2.06. The highest BCUT2D eigenvalue weighted by Crippen LogP contribution is 2.18. The van der Waals surface area contributed by atoms with Crippen LogP contribution < -0.4 is 0 Å². The lowest BCUT2D eigenvalue weighted by atomic mass is 10.1. The molecule has 0 amide bonds. The van der Waals surface area contributed by atoms with E-state index < -0.39 is 10.9 Å². The monoisotopic (exact) mass is 221 g/mol. The standard InChI is InChI=1S/C11H11NO4/c1-8-7-10(12(14)15)5-3-9(8)4-6-11(13)16-2/h3-7H,1-2H3. The number of hydrogen-bond donors (Lipinski definition) is 0. The number of carbonyl (C=O) groups is 1. The Morgan fingerprint density at radius 1 is 1.50 bits per heavy atom. The Bertz CT molecular complexity index is 451. The highest BCUT2D eigenvalue weighted by atomic mass is 16.6. The summed E-state index contributed by atoms with van der Waals surface area (Å²) in [7, 11) is 1.29. The third-order valence-electron chi connectivity index (χ3n) is 2.06. The predicted octanol–water partition coefficient (Wildman–Crippen LogP) is 2.09. The van der Waals surface area contributed by atoms with Crippen LogP contribution in [0.25, 0.3) is 6.08 Å². The Hall–Kier alpha value is -2.17. The van der Waals surface area contributed by atoms with E-state index in [1.807, 2.05) is 0 Å². The molecule has 0 fully saturated rings. The number of ether oxygens (including phenoxy) is 1. The van der Waals surface area contributed by atoms with Gasteiger partial charge in [-0.3, -0.25) is 10.1 Å². The minimum Gasteiger partial charge on any atom is -0.466 e. The summed E-state index contributed by atoms with van der Waals surface area (Å²) in [6.07, 6.45) is 2.83. The Morgan fingerprint density at radius 2 is 2.19 bits per heavy atom. The Balaban J connectivity index is 2.95. The van der Waals surface area contributed by atoms with Crippen molar-refractivity contribution >= 4 is 17.7 Å². The fourth-order valence-corrected chi connectivity index (χ4v) is 1.19. The summed E-state index contributed by atoms with van der Waals surface area (Å²) in [6, 6.07) is 4.44. The lowest BCUT2D eigenvalue weighted by molar-refractivity contribution is -0.384. The number of rotatable bonds is 3. The molecule has 5 heteroatoms. The molecule has 0 radical (unpaired) electrons. The molecular formula is C11H11NO4.